The minimum atomic E-state index is 0.276. The molecule has 26 heavy (non-hydrogen) atoms. The zero-order valence-electron chi connectivity index (χ0n) is 16.3. The SMILES string of the molecule is CCCCCCCCCCN=C(N)NC(N)=NCc1ccc(OC)cc1. The maximum absolute atomic E-state index is 5.84. The number of unbranched alkanes of at least 4 members (excludes halogenated alkanes) is 7. The summed E-state index contributed by atoms with van der Waals surface area (Å²) >= 11 is 0. The first kappa shape index (κ1) is 21.8. The Labute approximate surface area is 158 Å². The summed E-state index contributed by atoms with van der Waals surface area (Å²) in [4.78, 5) is 8.56. The summed E-state index contributed by atoms with van der Waals surface area (Å²) in [5, 5.41) is 2.83. The smallest absolute Gasteiger partial charge is 0.195 e. The number of hydrogen-bond acceptors (Lipinski definition) is 3. The van der Waals surface area contributed by atoms with Crippen molar-refractivity contribution in [1.29, 1.82) is 0 Å². The first-order valence-corrected chi connectivity index (χ1v) is 9.65. The van der Waals surface area contributed by atoms with Gasteiger partial charge in [-0.1, -0.05) is 64.0 Å². The van der Waals surface area contributed by atoms with Crippen LogP contribution in [0.5, 0.6) is 5.75 Å². The average molecular weight is 362 g/mol. The fraction of sp³-hybridized carbons (Fsp3) is 0.600. The number of guanidine groups is 2. The first-order chi connectivity index (χ1) is 12.7. The van der Waals surface area contributed by atoms with Gasteiger partial charge in [-0.05, 0) is 24.1 Å². The molecule has 1 aromatic rings. The molecular formula is C20H35N5O. The first-order valence-electron chi connectivity index (χ1n) is 9.65. The number of nitrogens with two attached hydrogens (primary N) is 2. The second-order valence-corrected chi connectivity index (χ2v) is 6.42. The molecule has 0 aliphatic carbocycles. The van der Waals surface area contributed by atoms with E-state index in [4.69, 9.17) is 16.2 Å². The average Bonchev–Trinajstić information content (AvgIpc) is 2.65. The number of methoxy groups -OCH3 is 1. The Balaban J connectivity index is 2.17. The molecule has 1 aromatic carbocycles. The van der Waals surface area contributed by atoms with E-state index in [-0.39, 0.29) is 5.96 Å². The molecule has 5 N–H and O–H groups in total. The van der Waals surface area contributed by atoms with Crippen molar-refractivity contribution in [2.45, 2.75) is 64.8 Å². The molecule has 0 aliphatic rings. The number of aliphatic imine (C=N–C) groups is 2. The Hall–Kier alpha value is -2.24. The zero-order chi connectivity index (χ0) is 19.0. The third kappa shape index (κ3) is 10.6. The van der Waals surface area contributed by atoms with Gasteiger partial charge in [0.15, 0.2) is 11.9 Å². The van der Waals surface area contributed by atoms with E-state index in [0.717, 1.165) is 24.3 Å². The van der Waals surface area contributed by atoms with Crippen LogP contribution in [0.2, 0.25) is 0 Å². The van der Waals surface area contributed by atoms with Crippen LogP contribution in [0.4, 0.5) is 0 Å². The summed E-state index contributed by atoms with van der Waals surface area (Å²) < 4.78 is 5.13. The van der Waals surface area contributed by atoms with Gasteiger partial charge in [0.05, 0.1) is 13.7 Å². The van der Waals surface area contributed by atoms with E-state index >= 15 is 0 Å². The Morgan fingerprint density at radius 2 is 1.46 bits per heavy atom. The molecule has 0 aromatic heterocycles. The van der Waals surface area contributed by atoms with Gasteiger partial charge >= 0.3 is 0 Å². The highest BCUT2D eigenvalue weighted by Gasteiger charge is 1.97. The predicted molar refractivity (Wildman–Crippen MR) is 111 cm³/mol. The summed E-state index contributed by atoms with van der Waals surface area (Å²) in [7, 11) is 1.64. The summed E-state index contributed by atoms with van der Waals surface area (Å²) in [5.41, 5.74) is 12.7. The molecule has 0 radical (unpaired) electrons. The highest BCUT2D eigenvalue weighted by atomic mass is 16.5. The van der Waals surface area contributed by atoms with Gasteiger partial charge in [-0.3, -0.25) is 10.3 Å². The van der Waals surface area contributed by atoms with E-state index < -0.39 is 0 Å². The van der Waals surface area contributed by atoms with E-state index in [1.807, 2.05) is 24.3 Å². The van der Waals surface area contributed by atoms with Crippen LogP contribution in [0.25, 0.3) is 0 Å². The lowest BCUT2D eigenvalue weighted by atomic mass is 10.1. The number of nitrogens with one attached hydrogen (secondary N) is 1. The molecule has 146 valence electrons. The molecule has 0 atom stereocenters. The molecule has 0 fully saturated rings. The number of rotatable bonds is 12. The molecule has 0 aliphatic heterocycles. The lowest BCUT2D eigenvalue weighted by Crippen LogP contribution is -2.41. The van der Waals surface area contributed by atoms with Crippen LogP contribution in [0.3, 0.4) is 0 Å². The van der Waals surface area contributed by atoms with Gasteiger partial charge in [0.25, 0.3) is 0 Å². The van der Waals surface area contributed by atoms with Crippen molar-refractivity contribution in [3.05, 3.63) is 29.8 Å². The van der Waals surface area contributed by atoms with Crippen LogP contribution < -0.4 is 21.5 Å². The van der Waals surface area contributed by atoms with Crippen LogP contribution in [0, 0.1) is 0 Å². The lowest BCUT2D eigenvalue weighted by molar-refractivity contribution is 0.414. The van der Waals surface area contributed by atoms with E-state index in [0.29, 0.717) is 12.5 Å². The van der Waals surface area contributed by atoms with Crippen molar-refractivity contribution in [3.63, 3.8) is 0 Å². The third-order valence-corrected chi connectivity index (χ3v) is 4.14. The number of nitrogens with zero attached hydrogens (tertiary/aromatic N) is 2. The number of benzene rings is 1. The molecule has 0 saturated heterocycles. The van der Waals surface area contributed by atoms with Crippen LogP contribution in [0.1, 0.15) is 63.9 Å². The quantitative estimate of drug-likeness (QED) is 0.301. The van der Waals surface area contributed by atoms with Gasteiger partial charge < -0.3 is 16.2 Å². The fourth-order valence-corrected chi connectivity index (χ4v) is 2.56. The van der Waals surface area contributed by atoms with E-state index in [2.05, 4.69) is 22.2 Å². The minimum Gasteiger partial charge on any atom is -0.497 e. The van der Waals surface area contributed by atoms with E-state index in [1.54, 1.807) is 7.11 Å². The van der Waals surface area contributed by atoms with Crippen LogP contribution >= 0.6 is 0 Å². The molecule has 0 saturated carbocycles. The van der Waals surface area contributed by atoms with Gasteiger partial charge in [0, 0.05) is 6.54 Å². The van der Waals surface area contributed by atoms with Gasteiger partial charge in [-0.25, -0.2) is 4.99 Å². The van der Waals surface area contributed by atoms with Crippen molar-refractivity contribution >= 4 is 11.9 Å². The molecular weight excluding hydrogens is 326 g/mol. The van der Waals surface area contributed by atoms with Crippen molar-refractivity contribution < 1.29 is 4.74 Å². The van der Waals surface area contributed by atoms with Gasteiger partial charge in [-0.2, -0.15) is 0 Å². The van der Waals surface area contributed by atoms with Crippen LogP contribution in [-0.2, 0) is 6.54 Å². The second kappa shape index (κ2) is 14.0. The van der Waals surface area contributed by atoms with Crippen LogP contribution in [-0.4, -0.2) is 25.6 Å². The zero-order valence-corrected chi connectivity index (χ0v) is 16.3. The van der Waals surface area contributed by atoms with E-state index in [9.17, 15) is 0 Å². The Morgan fingerprint density at radius 1 is 0.885 bits per heavy atom. The maximum atomic E-state index is 5.84. The predicted octanol–water partition coefficient (Wildman–Crippen LogP) is 3.55. The Kier molecular flexibility index (Phi) is 11.7. The van der Waals surface area contributed by atoms with Gasteiger partial charge in [0.1, 0.15) is 5.75 Å². The van der Waals surface area contributed by atoms with Crippen molar-refractivity contribution in [3.8, 4) is 5.75 Å². The summed E-state index contributed by atoms with van der Waals surface area (Å²) in [6.07, 6.45) is 10.2. The highest BCUT2D eigenvalue weighted by molar-refractivity contribution is 5.96. The topological polar surface area (TPSA) is 98.0 Å². The summed E-state index contributed by atoms with van der Waals surface area (Å²) in [6.45, 7) is 3.45. The van der Waals surface area contributed by atoms with E-state index in [1.165, 1.54) is 44.9 Å². The van der Waals surface area contributed by atoms with Crippen molar-refractivity contribution in [2.75, 3.05) is 13.7 Å². The molecule has 0 unspecified atom stereocenters. The Morgan fingerprint density at radius 3 is 2.08 bits per heavy atom. The normalized spacial score (nSPS) is 12.2. The number of ether oxygens (including phenoxy) is 1. The number of hydrogen-bond donors (Lipinski definition) is 3. The fourth-order valence-electron chi connectivity index (χ4n) is 2.56. The molecule has 6 nitrogen and oxygen atoms in total. The lowest BCUT2D eigenvalue weighted by Gasteiger charge is -2.05. The van der Waals surface area contributed by atoms with Crippen molar-refractivity contribution in [1.82, 2.24) is 5.32 Å². The minimum absolute atomic E-state index is 0.276. The Bertz CT molecular complexity index is 540. The standard InChI is InChI=1S/C20H35N5O/c1-3-4-5-6-7-8-9-10-15-23-19(21)25-20(22)24-16-17-11-13-18(26-2)14-12-17/h11-14H,3-10,15-16H2,1-2H3,(H5,21,22,23,24,25). The molecule has 0 bridgehead atoms. The molecule has 0 heterocycles. The maximum Gasteiger partial charge on any atom is 0.195 e. The monoisotopic (exact) mass is 361 g/mol. The largest absolute Gasteiger partial charge is 0.497 e. The highest BCUT2D eigenvalue weighted by Crippen LogP contribution is 2.11. The van der Waals surface area contributed by atoms with Gasteiger partial charge in [-0.15, -0.1) is 0 Å². The third-order valence-electron chi connectivity index (χ3n) is 4.14. The summed E-state index contributed by atoms with van der Waals surface area (Å²) in [5.74, 6) is 1.42. The second-order valence-electron chi connectivity index (χ2n) is 6.42. The molecule has 6 heteroatoms. The summed E-state index contributed by atoms with van der Waals surface area (Å²) in [6, 6.07) is 7.70. The van der Waals surface area contributed by atoms with Crippen molar-refractivity contribution in [2.24, 2.45) is 21.5 Å². The molecule has 0 spiro atoms. The molecule has 1 rings (SSSR count). The van der Waals surface area contributed by atoms with Gasteiger partial charge in [0.2, 0.25) is 0 Å². The van der Waals surface area contributed by atoms with Crippen LogP contribution in [0.15, 0.2) is 34.3 Å². The molecule has 0 amide bonds.